The Hall–Kier alpha value is -4.48. The Bertz CT molecular complexity index is 1740. The van der Waals surface area contributed by atoms with Gasteiger partial charge in [0.2, 0.25) is 5.78 Å². The first-order valence-electron chi connectivity index (χ1n) is 17.1. The molecule has 47 heavy (non-hydrogen) atoms. The van der Waals surface area contributed by atoms with Crippen LogP contribution in [0.2, 0.25) is 0 Å². The second-order valence-electron chi connectivity index (χ2n) is 13.6. The molecule has 0 aliphatic heterocycles. The molecule has 2 heterocycles. The fourth-order valence-electron chi connectivity index (χ4n) is 6.56. The minimum atomic E-state index is -0.184. The van der Waals surface area contributed by atoms with Gasteiger partial charge in [-0.15, -0.1) is 0 Å². The number of ether oxygens (including phenoxy) is 1. The highest BCUT2D eigenvalue weighted by Crippen LogP contribution is 2.42. The zero-order chi connectivity index (χ0) is 33.6. The van der Waals surface area contributed by atoms with Crippen LogP contribution in [0.25, 0.3) is 5.52 Å². The molecule has 0 amide bonds. The van der Waals surface area contributed by atoms with Gasteiger partial charge in [-0.05, 0) is 91.5 Å². The zero-order valence-corrected chi connectivity index (χ0v) is 28.8. The van der Waals surface area contributed by atoms with E-state index in [1.165, 1.54) is 22.5 Å². The molecule has 5 aromatic rings. The van der Waals surface area contributed by atoms with E-state index in [2.05, 4.69) is 95.4 Å². The summed E-state index contributed by atoms with van der Waals surface area (Å²) in [6.45, 7) is 11.2. The first-order chi connectivity index (χ1) is 22.6. The molecule has 0 aliphatic rings. The van der Waals surface area contributed by atoms with Gasteiger partial charge < -0.3 is 9.14 Å². The standard InChI is InChI=1S/C42H49N2O3/c1-7-47-41(45)13-10-11-35-29-40(43-26-9-8-12-39(35)43)42(46)34-18-24-38(25-19-34)44(6,36-20-14-32(15-21-36)27-30(2)3)37-22-16-33(17-23-37)28-31(4)5/h8-9,12,14-26,29-31H,7,10-11,13,27-28H2,1-6H3/q+1. The van der Waals surface area contributed by atoms with Gasteiger partial charge in [0.25, 0.3) is 0 Å². The number of aromatic nitrogens is 1. The summed E-state index contributed by atoms with van der Waals surface area (Å²) in [6, 6.07) is 34.0. The first-order valence-corrected chi connectivity index (χ1v) is 17.1. The van der Waals surface area contributed by atoms with E-state index in [1.54, 1.807) is 0 Å². The number of carbonyl (C=O) groups is 2. The van der Waals surface area contributed by atoms with E-state index in [-0.39, 0.29) is 11.8 Å². The summed E-state index contributed by atoms with van der Waals surface area (Å²) in [5.74, 6) is 0.980. The molecule has 5 rings (SSSR count). The van der Waals surface area contributed by atoms with E-state index < -0.39 is 0 Å². The van der Waals surface area contributed by atoms with E-state index in [0.717, 1.165) is 29.6 Å². The Balaban J connectivity index is 1.47. The number of esters is 1. The summed E-state index contributed by atoms with van der Waals surface area (Å²) in [4.78, 5) is 25.9. The van der Waals surface area contributed by atoms with E-state index in [1.807, 2.05) is 53.9 Å². The van der Waals surface area contributed by atoms with Crippen LogP contribution in [-0.2, 0) is 28.8 Å². The van der Waals surface area contributed by atoms with Crippen LogP contribution >= 0.6 is 0 Å². The Labute approximate surface area is 280 Å². The van der Waals surface area contributed by atoms with Crippen molar-refractivity contribution in [2.75, 3.05) is 13.7 Å². The maximum absolute atomic E-state index is 14.0. The van der Waals surface area contributed by atoms with E-state index >= 15 is 0 Å². The minimum absolute atomic E-state index is 0.0281. The lowest BCUT2D eigenvalue weighted by Gasteiger charge is -2.33. The number of aryl methyl sites for hydroxylation is 1. The van der Waals surface area contributed by atoms with Crippen molar-refractivity contribution >= 4 is 34.3 Å². The van der Waals surface area contributed by atoms with Crippen molar-refractivity contribution < 1.29 is 14.3 Å². The number of fused-ring (bicyclic) bond motifs is 1. The molecule has 0 aliphatic carbocycles. The van der Waals surface area contributed by atoms with Crippen LogP contribution < -0.4 is 4.48 Å². The summed E-state index contributed by atoms with van der Waals surface area (Å²) in [5.41, 5.74) is 9.39. The van der Waals surface area contributed by atoms with E-state index in [4.69, 9.17) is 4.74 Å². The molecule has 3 aromatic carbocycles. The third-order valence-electron chi connectivity index (χ3n) is 8.96. The van der Waals surface area contributed by atoms with Gasteiger partial charge in [0.05, 0.1) is 19.3 Å². The Morgan fingerprint density at radius 1 is 0.745 bits per heavy atom. The van der Waals surface area contributed by atoms with Gasteiger partial charge in [0, 0.05) is 60.1 Å². The highest BCUT2D eigenvalue weighted by atomic mass is 16.5. The number of quaternary nitrogens is 1. The maximum atomic E-state index is 14.0. The highest BCUT2D eigenvalue weighted by molar-refractivity contribution is 6.09. The molecule has 0 spiro atoms. The average Bonchev–Trinajstić information content (AvgIpc) is 3.43. The van der Waals surface area contributed by atoms with Crippen LogP contribution in [-0.4, -0.2) is 29.8 Å². The molecule has 0 bridgehead atoms. The molecule has 2 aromatic heterocycles. The summed E-state index contributed by atoms with van der Waals surface area (Å²) >= 11 is 0. The number of rotatable bonds is 14. The molecule has 5 nitrogen and oxygen atoms in total. The highest BCUT2D eigenvalue weighted by Gasteiger charge is 2.32. The number of ketones is 1. The van der Waals surface area contributed by atoms with Crippen molar-refractivity contribution in [3.8, 4) is 0 Å². The number of pyridine rings is 1. The number of carbonyl (C=O) groups excluding carboxylic acids is 2. The molecular weight excluding hydrogens is 580 g/mol. The van der Waals surface area contributed by atoms with Gasteiger partial charge in [-0.3, -0.25) is 9.59 Å². The molecule has 244 valence electrons. The SMILES string of the molecule is CCOC(=O)CCCc1cc(C(=O)c2ccc([N+](C)(c3ccc(CC(C)C)cc3)c3ccc(CC(C)C)cc3)cc2)n2ccccc12. The molecule has 5 heteroatoms. The van der Waals surface area contributed by atoms with Gasteiger partial charge in [0.1, 0.15) is 17.1 Å². The van der Waals surface area contributed by atoms with Crippen LogP contribution in [0.5, 0.6) is 0 Å². The number of hydrogen-bond acceptors (Lipinski definition) is 3. The smallest absolute Gasteiger partial charge is 0.305 e. The van der Waals surface area contributed by atoms with Gasteiger partial charge in [-0.25, -0.2) is 4.48 Å². The number of nitrogens with zero attached hydrogens (tertiary/aromatic N) is 2. The Morgan fingerprint density at radius 3 is 1.79 bits per heavy atom. The fraction of sp³-hybridized carbons (Fsp3) is 0.333. The lowest BCUT2D eigenvalue weighted by Crippen LogP contribution is -2.33. The van der Waals surface area contributed by atoms with Crippen molar-refractivity contribution in [3.05, 3.63) is 131 Å². The molecule has 0 atom stereocenters. The van der Waals surface area contributed by atoms with Crippen molar-refractivity contribution in [2.24, 2.45) is 11.8 Å². The average molecular weight is 630 g/mol. The summed E-state index contributed by atoms with van der Waals surface area (Å²) in [7, 11) is 2.23. The molecule has 0 saturated heterocycles. The third kappa shape index (κ3) is 7.74. The predicted octanol–water partition coefficient (Wildman–Crippen LogP) is 10.1. The van der Waals surface area contributed by atoms with E-state index in [9.17, 15) is 9.59 Å². The van der Waals surface area contributed by atoms with Gasteiger partial charge in [-0.1, -0.05) is 58.0 Å². The Morgan fingerprint density at radius 2 is 1.28 bits per heavy atom. The van der Waals surface area contributed by atoms with Crippen LogP contribution in [0.1, 0.15) is 80.2 Å². The monoisotopic (exact) mass is 629 g/mol. The molecule has 0 radical (unpaired) electrons. The van der Waals surface area contributed by atoms with Gasteiger partial charge >= 0.3 is 5.97 Å². The molecule has 0 fully saturated rings. The van der Waals surface area contributed by atoms with Crippen LogP contribution in [0.3, 0.4) is 0 Å². The second-order valence-corrected chi connectivity index (χ2v) is 13.6. The Kier molecular flexibility index (Phi) is 10.8. The van der Waals surface area contributed by atoms with Crippen LogP contribution in [0.15, 0.2) is 103 Å². The number of benzene rings is 3. The summed E-state index contributed by atoms with van der Waals surface area (Å²) in [5, 5.41) is 0. The lowest BCUT2D eigenvalue weighted by molar-refractivity contribution is -0.143. The molecular formula is C42H49N2O3+. The summed E-state index contributed by atoms with van der Waals surface area (Å²) in [6.07, 6.45) is 5.76. The molecule has 0 unspecified atom stereocenters. The van der Waals surface area contributed by atoms with Gasteiger partial charge in [-0.2, -0.15) is 0 Å². The number of hydrogen-bond donors (Lipinski definition) is 0. The second kappa shape index (κ2) is 15.0. The normalized spacial score (nSPS) is 11.8. The third-order valence-corrected chi connectivity index (χ3v) is 8.96. The van der Waals surface area contributed by atoms with Crippen molar-refractivity contribution in [1.82, 2.24) is 8.88 Å². The maximum Gasteiger partial charge on any atom is 0.305 e. The van der Waals surface area contributed by atoms with Crippen molar-refractivity contribution in [1.29, 1.82) is 0 Å². The quantitative estimate of drug-likeness (QED) is 0.0698. The first kappa shape index (κ1) is 33.9. The van der Waals surface area contributed by atoms with Gasteiger partial charge in [0.15, 0.2) is 0 Å². The van der Waals surface area contributed by atoms with E-state index in [0.29, 0.717) is 53.4 Å². The fourth-order valence-corrected chi connectivity index (χ4v) is 6.56. The van der Waals surface area contributed by atoms with Crippen molar-refractivity contribution in [2.45, 2.75) is 66.7 Å². The lowest BCUT2D eigenvalue weighted by atomic mass is 10.00. The molecule has 0 N–H and O–H groups in total. The zero-order valence-electron chi connectivity index (χ0n) is 28.8. The topological polar surface area (TPSA) is 47.8 Å². The van der Waals surface area contributed by atoms with Crippen LogP contribution in [0.4, 0.5) is 17.1 Å². The largest absolute Gasteiger partial charge is 0.466 e. The van der Waals surface area contributed by atoms with Crippen molar-refractivity contribution in [3.63, 3.8) is 0 Å². The van der Waals surface area contributed by atoms with Crippen LogP contribution in [0, 0.1) is 11.8 Å². The predicted molar refractivity (Wildman–Crippen MR) is 194 cm³/mol. The summed E-state index contributed by atoms with van der Waals surface area (Å²) < 4.78 is 7.55. The molecule has 0 saturated carbocycles. The minimum Gasteiger partial charge on any atom is -0.466 e.